The third-order valence-electron chi connectivity index (χ3n) is 3.13. The highest BCUT2D eigenvalue weighted by molar-refractivity contribution is 5.86. The zero-order chi connectivity index (χ0) is 16.2. The van der Waals surface area contributed by atoms with Crippen molar-refractivity contribution < 1.29 is 4.74 Å². The Morgan fingerprint density at radius 2 is 2.00 bits per heavy atom. The lowest BCUT2D eigenvalue weighted by molar-refractivity contribution is 0.232. The summed E-state index contributed by atoms with van der Waals surface area (Å²) in [5.74, 6) is 1.77. The van der Waals surface area contributed by atoms with Gasteiger partial charge < -0.3 is 15.8 Å². The summed E-state index contributed by atoms with van der Waals surface area (Å²) in [6, 6.07) is 7.42. The minimum absolute atomic E-state index is 0.110. The highest BCUT2D eigenvalue weighted by Gasteiger charge is 2.05. The van der Waals surface area contributed by atoms with Gasteiger partial charge in [-0.2, -0.15) is 0 Å². The molecule has 23 heavy (non-hydrogen) atoms. The Balaban J connectivity index is 1.73. The third kappa shape index (κ3) is 3.63. The first-order valence-corrected chi connectivity index (χ1v) is 7.34. The Labute approximate surface area is 134 Å². The second kappa shape index (κ2) is 6.43. The molecule has 0 aliphatic heterocycles. The zero-order valence-corrected chi connectivity index (χ0v) is 13.0. The Morgan fingerprint density at radius 1 is 1.13 bits per heavy atom. The summed E-state index contributed by atoms with van der Waals surface area (Å²) in [6.07, 6.45) is 3.36. The van der Waals surface area contributed by atoms with Crippen molar-refractivity contribution in [2.24, 2.45) is 0 Å². The molecule has 0 bridgehead atoms. The van der Waals surface area contributed by atoms with Crippen LogP contribution >= 0.6 is 0 Å². The van der Waals surface area contributed by atoms with Crippen LogP contribution in [0.4, 0.5) is 11.6 Å². The van der Waals surface area contributed by atoms with Crippen molar-refractivity contribution in [3.63, 3.8) is 0 Å². The first-order valence-electron chi connectivity index (χ1n) is 7.34. The summed E-state index contributed by atoms with van der Waals surface area (Å²) in [4.78, 5) is 16.9. The monoisotopic (exact) mass is 310 g/mol. The van der Waals surface area contributed by atoms with E-state index >= 15 is 0 Å². The first-order chi connectivity index (χ1) is 11.1. The molecule has 0 fully saturated rings. The number of rotatable bonds is 5. The van der Waals surface area contributed by atoms with Crippen LogP contribution in [0.1, 0.15) is 19.4 Å². The van der Waals surface area contributed by atoms with E-state index in [1.54, 1.807) is 12.3 Å². The maximum absolute atomic E-state index is 5.68. The summed E-state index contributed by atoms with van der Waals surface area (Å²) in [5.41, 5.74) is 7.27. The summed E-state index contributed by atoms with van der Waals surface area (Å²) in [5, 5.41) is 4.10. The number of pyridine rings is 2. The number of ether oxygens (including phenoxy) is 1. The smallest absolute Gasteiger partial charge is 0.213 e. The Bertz CT molecular complexity index is 803. The van der Waals surface area contributed by atoms with Crippen LogP contribution in [0.5, 0.6) is 5.88 Å². The maximum Gasteiger partial charge on any atom is 0.213 e. The first kappa shape index (κ1) is 15.0. The van der Waals surface area contributed by atoms with Crippen LogP contribution in [0.25, 0.3) is 11.0 Å². The molecule has 0 aliphatic rings. The average molecular weight is 310 g/mol. The van der Waals surface area contributed by atoms with E-state index in [0.29, 0.717) is 29.7 Å². The molecule has 0 saturated heterocycles. The lowest BCUT2D eigenvalue weighted by atomic mass is 10.2. The van der Waals surface area contributed by atoms with Crippen LogP contribution in [0, 0.1) is 0 Å². The molecular weight excluding hydrogens is 292 g/mol. The molecule has 0 aliphatic carbocycles. The largest absolute Gasteiger partial charge is 0.475 e. The molecule has 0 unspecified atom stereocenters. The fraction of sp³-hybridized carbons (Fsp3) is 0.250. The van der Waals surface area contributed by atoms with Crippen LogP contribution in [-0.2, 0) is 6.54 Å². The van der Waals surface area contributed by atoms with Gasteiger partial charge in [-0.1, -0.05) is 6.07 Å². The molecule has 7 heteroatoms. The Kier molecular flexibility index (Phi) is 4.18. The number of nitrogen functional groups attached to an aromatic ring is 1. The number of hydrogen-bond donors (Lipinski definition) is 2. The van der Waals surface area contributed by atoms with Crippen molar-refractivity contribution in [2.45, 2.75) is 26.5 Å². The lowest BCUT2D eigenvalue weighted by Crippen LogP contribution is -2.07. The van der Waals surface area contributed by atoms with E-state index in [-0.39, 0.29) is 6.10 Å². The van der Waals surface area contributed by atoms with Gasteiger partial charge in [0.2, 0.25) is 5.88 Å². The van der Waals surface area contributed by atoms with E-state index < -0.39 is 0 Å². The molecule has 0 spiro atoms. The highest BCUT2D eigenvalue weighted by Crippen LogP contribution is 2.19. The van der Waals surface area contributed by atoms with Gasteiger partial charge in [-0.25, -0.2) is 19.9 Å². The highest BCUT2D eigenvalue weighted by atomic mass is 16.5. The summed E-state index contributed by atoms with van der Waals surface area (Å²) < 4.78 is 5.53. The molecule has 118 valence electrons. The normalized spacial score (nSPS) is 10.9. The van der Waals surface area contributed by atoms with Gasteiger partial charge in [0.25, 0.3) is 0 Å². The standard InChI is InChI=1S/C16H18N6O/c1-10(2)23-14-6-3-11(7-18-14)8-19-15-12-4-5-13(17)22-16(12)21-9-20-15/h3-7,9-10H,8H2,1-2H3,(H3,17,19,20,21,22). The zero-order valence-electron chi connectivity index (χ0n) is 13.0. The fourth-order valence-corrected chi connectivity index (χ4v) is 2.11. The minimum Gasteiger partial charge on any atom is -0.475 e. The SMILES string of the molecule is CC(C)Oc1ccc(CNc2ncnc3nc(N)ccc23)cn1. The fourth-order valence-electron chi connectivity index (χ4n) is 2.11. The van der Waals surface area contributed by atoms with Crippen LogP contribution in [0.2, 0.25) is 0 Å². The van der Waals surface area contributed by atoms with E-state index in [2.05, 4.69) is 25.3 Å². The molecule has 3 aromatic rings. The summed E-state index contributed by atoms with van der Waals surface area (Å²) in [7, 11) is 0. The van der Waals surface area contributed by atoms with E-state index in [0.717, 1.165) is 10.9 Å². The van der Waals surface area contributed by atoms with Crippen molar-refractivity contribution in [3.05, 3.63) is 42.4 Å². The van der Waals surface area contributed by atoms with E-state index in [1.165, 1.54) is 6.33 Å². The summed E-state index contributed by atoms with van der Waals surface area (Å²) >= 11 is 0. The summed E-state index contributed by atoms with van der Waals surface area (Å²) in [6.45, 7) is 4.53. The topological polar surface area (TPSA) is 98.8 Å². The van der Waals surface area contributed by atoms with E-state index in [1.807, 2.05) is 32.0 Å². The average Bonchev–Trinajstić information content (AvgIpc) is 2.53. The third-order valence-corrected chi connectivity index (χ3v) is 3.13. The number of nitrogens with one attached hydrogen (secondary N) is 1. The molecule has 3 N–H and O–H groups in total. The predicted molar refractivity (Wildman–Crippen MR) is 89.1 cm³/mol. The quantitative estimate of drug-likeness (QED) is 0.746. The molecular formula is C16H18N6O. The second-order valence-electron chi connectivity index (χ2n) is 5.35. The predicted octanol–water partition coefficient (Wildman–Crippen LogP) is 2.40. The number of anilines is 2. The molecule has 3 rings (SSSR count). The molecule has 0 atom stereocenters. The Morgan fingerprint density at radius 3 is 2.74 bits per heavy atom. The molecule has 3 aromatic heterocycles. The van der Waals surface area contributed by atoms with Gasteiger partial charge in [0.1, 0.15) is 18.0 Å². The van der Waals surface area contributed by atoms with Gasteiger partial charge in [0.15, 0.2) is 5.65 Å². The molecule has 3 heterocycles. The maximum atomic E-state index is 5.68. The van der Waals surface area contributed by atoms with Gasteiger partial charge in [0, 0.05) is 18.8 Å². The van der Waals surface area contributed by atoms with Crippen LogP contribution < -0.4 is 15.8 Å². The molecule has 0 aromatic carbocycles. The second-order valence-corrected chi connectivity index (χ2v) is 5.35. The minimum atomic E-state index is 0.110. The molecule has 0 amide bonds. The molecule has 0 saturated carbocycles. The van der Waals surface area contributed by atoms with Crippen molar-refractivity contribution >= 4 is 22.7 Å². The van der Waals surface area contributed by atoms with Gasteiger partial charge in [-0.15, -0.1) is 0 Å². The number of fused-ring (bicyclic) bond motifs is 1. The van der Waals surface area contributed by atoms with E-state index in [4.69, 9.17) is 10.5 Å². The van der Waals surface area contributed by atoms with Gasteiger partial charge in [-0.05, 0) is 31.5 Å². The van der Waals surface area contributed by atoms with Crippen molar-refractivity contribution in [2.75, 3.05) is 11.1 Å². The van der Waals surface area contributed by atoms with Gasteiger partial charge >= 0.3 is 0 Å². The van der Waals surface area contributed by atoms with Crippen molar-refractivity contribution in [1.82, 2.24) is 19.9 Å². The van der Waals surface area contributed by atoms with Gasteiger partial charge in [0.05, 0.1) is 11.5 Å². The molecule has 0 radical (unpaired) electrons. The molecule has 7 nitrogen and oxygen atoms in total. The Hall–Kier alpha value is -2.96. The van der Waals surface area contributed by atoms with Crippen molar-refractivity contribution in [3.8, 4) is 5.88 Å². The number of nitrogens with zero attached hydrogens (tertiary/aromatic N) is 4. The van der Waals surface area contributed by atoms with E-state index in [9.17, 15) is 0 Å². The lowest BCUT2D eigenvalue weighted by Gasteiger charge is -2.10. The number of hydrogen-bond acceptors (Lipinski definition) is 7. The number of nitrogens with two attached hydrogens (primary N) is 1. The van der Waals surface area contributed by atoms with Crippen LogP contribution in [-0.4, -0.2) is 26.0 Å². The number of aromatic nitrogens is 4. The van der Waals surface area contributed by atoms with Crippen LogP contribution in [0.3, 0.4) is 0 Å². The van der Waals surface area contributed by atoms with Gasteiger partial charge in [-0.3, -0.25) is 0 Å². The van der Waals surface area contributed by atoms with Crippen molar-refractivity contribution in [1.29, 1.82) is 0 Å². The van der Waals surface area contributed by atoms with Crippen LogP contribution in [0.15, 0.2) is 36.8 Å².